The van der Waals surface area contributed by atoms with Crippen LogP contribution >= 0.6 is 0 Å². The highest BCUT2D eigenvalue weighted by molar-refractivity contribution is 5.74. The Balaban J connectivity index is 2.11. The maximum Gasteiger partial charge on any atom is 0.322 e. The van der Waals surface area contributed by atoms with Gasteiger partial charge in [0.1, 0.15) is 11.9 Å². The van der Waals surface area contributed by atoms with Crippen molar-refractivity contribution in [3.8, 4) is 0 Å². The van der Waals surface area contributed by atoms with E-state index in [4.69, 9.17) is 5.11 Å². The van der Waals surface area contributed by atoms with E-state index >= 15 is 0 Å². The Kier molecular flexibility index (Phi) is 3.71. The molecule has 0 saturated carbocycles. The standard InChI is InChI=1S/C12H15FN2O2/c13-10-4-2-1-3-9(10)8-15-6-5-14-7-11(15)12(16)17/h1-4,11,14H,5-8H2,(H,16,17)/t11-/m1/s1. The van der Waals surface area contributed by atoms with Crippen molar-refractivity contribution in [2.45, 2.75) is 12.6 Å². The van der Waals surface area contributed by atoms with Crippen molar-refractivity contribution in [1.82, 2.24) is 10.2 Å². The van der Waals surface area contributed by atoms with Gasteiger partial charge in [-0.2, -0.15) is 0 Å². The van der Waals surface area contributed by atoms with E-state index in [1.54, 1.807) is 23.1 Å². The largest absolute Gasteiger partial charge is 0.480 e. The highest BCUT2D eigenvalue weighted by atomic mass is 19.1. The molecule has 1 saturated heterocycles. The number of carbonyl (C=O) groups is 1. The lowest BCUT2D eigenvalue weighted by atomic mass is 10.1. The van der Waals surface area contributed by atoms with Crippen LogP contribution in [-0.4, -0.2) is 41.7 Å². The molecular weight excluding hydrogens is 223 g/mol. The van der Waals surface area contributed by atoms with Gasteiger partial charge in [0, 0.05) is 31.7 Å². The number of carboxylic acid groups (broad SMARTS) is 1. The SMILES string of the molecule is O=C(O)[C@H]1CNCCN1Cc1ccccc1F. The molecule has 0 bridgehead atoms. The first-order chi connectivity index (χ1) is 8.18. The Bertz CT molecular complexity index is 411. The van der Waals surface area contributed by atoms with E-state index in [2.05, 4.69) is 5.32 Å². The van der Waals surface area contributed by atoms with Crippen molar-refractivity contribution in [3.63, 3.8) is 0 Å². The first kappa shape index (κ1) is 12.0. The van der Waals surface area contributed by atoms with Gasteiger partial charge in [0.2, 0.25) is 0 Å². The van der Waals surface area contributed by atoms with Crippen molar-refractivity contribution in [1.29, 1.82) is 0 Å². The Hall–Kier alpha value is -1.46. The molecule has 1 heterocycles. The lowest BCUT2D eigenvalue weighted by Crippen LogP contribution is -2.54. The second-order valence-electron chi connectivity index (χ2n) is 4.12. The van der Waals surface area contributed by atoms with Crippen LogP contribution in [0.15, 0.2) is 24.3 Å². The second kappa shape index (κ2) is 5.25. The lowest BCUT2D eigenvalue weighted by molar-refractivity contribution is -0.144. The van der Waals surface area contributed by atoms with Gasteiger partial charge in [-0.05, 0) is 6.07 Å². The number of aliphatic carboxylic acids is 1. The quantitative estimate of drug-likeness (QED) is 0.813. The van der Waals surface area contributed by atoms with E-state index in [0.29, 0.717) is 25.2 Å². The Morgan fingerprint density at radius 1 is 1.53 bits per heavy atom. The molecule has 0 aromatic heterocycles. The minimum absolute atomic E-state index is 0.282. The zero-order chi connectivity index (χ0) is 12.3. The van der Waals surface area contributed by atoms with Crippen molar-refractivity contribution in [2.75, 3.05) is 19.6 Å². The summed E-state index contributed by atoms with van der Waals surface area (Å²) in [7, 11) is 0. The average Bonchev–Trinajstić information content (AvgIpc) is 2.32. The molecule has 1 fully saturated rings. The molecule has 0 aliphatic carbocycles. The van der Waals surface area contributed by atoms with E-state index < -0.39 is 12.0 Å². The highest BCUT2D eigenvalue weighted by Crippen LogP contribution is 2.13. The van der Waals surface area contributed by atoms with Crippen LogP contribution in [0.4, 0.5) is 4.39 Å². The zero-order valence-electron chi connectivity index (χ0n) is 9.40. The predicted molar refractivity (Wildman–Crippen MR) is 61.1 cm³/mol. The molecule has 2 rings (SSSR count). The summed E-state index contributed by atoms with van der Waals surface area (Å²) in [4.78, 5) is 12.9. The number of carboxylic acids is 1. The summed E-state index contributed by atoms with van der Waals surface area (Å²) in [6, 6.07) is 5.90. The molecule has 1 aliphatic heterocycles. The van der Waals surface area contributed by atoms with Crippen molar-refractivity contribution >= 4 is 5.97 Å². The van der Waals surface area contributed by atoms with Crippen LogP contribution < -0.4 is 5.32 Å². The molecule has 2 N–H and O–H groups in total. The number of piperazine rings is 1. The monoisotopic (exact) mass is 238 g/mol. The van der Waals surface area contributed by atoms with Gasteiger partial charge in [0.25, 0.3) is 0 Å². The maximum atomic E-state index is 13.5. The molecule has 1 atom stereocenters. The summed E-state index contributed by atoms with van der Waals surface area (Å²) in [6.45, 7) is 2.10. The Morgan fingerprint density at radius 2 is 2.29 bits per heavy atom. The molecule has 4 nitrogen and oxygen atoms in total. The van der Waals surface area contributed by atoms with Crippen molar-refractivity contribution in [3.05, 3.63) is 35.6 Å². The molecule has 17 heavy (non-hydrogen) atoms. The van der Waals surface area contributed by atoms with E-state index in [9.17, 15) is 9.18 Å². The van der Waals surface area contributed by atoms with Crippen LogP contribution in [0.25, 0.3) is 0 Å². The van der Waals surface area contributed by atoms with Gasteiger partial charge in [-0.25, -0.2) is 4.39 Å². The summed E-state index contributed by atoms with van der Waals surface area (Å²) in [5, 5.41) is 12.1. The summed E-state index contributed by atoms with van der Waals surface area (Å²) in [6.07, 6.45) is 0. The number of halogens is 1. The lowest BCUT2D eigenvalue weighted by Gasteiger charge is -2.33. The number of hydrogen-bond donors (Lipinski definition) is 2. The first-order valence-electron chi connectivity index (χ1n) is 5.59. The fourth-order valence-electron chi connectivity index (χ4n) is 2.02. The molecule has 1 aromatic rings. The van der Waals surface area contributed by atoms with Crippen LogP contribution in [0, 0.1) is 5.82 Å². The zero-order valence-corrected chi connectivity index (χ0v) is 9.40. The van der Waals surface area contributed by atoms with Gasteiger partial charge in [0.05, 0.1) is 0 Å². The summed E-state index contributed by atoms with van der Waals surface area (Å²) in [5.41, 5.74) is 0.542. The molecule has 0 radical (unpaired) electrons. The molecule has 0 spiro atoms. The minimum atomic E-state index is -0.867. The third-order valence-electron chi connectivity index (χ3n) is 2.97. The maximum absolute atomic E-state index is 13.5. The normalized spacial score (nSPS) is 21.4. The fourth-order valence-corrected chi connectivity index (χ4v) is 2.02. The van der Waals surface area contributed by atoms with E-state index in [0.717, 1.165) is 6.54 Å². The topological polar surface area (TPSA) is 52.6 Å². The van der Waals surface area contributed by atoms with Gasteiger partial charge in [-0.15, -0.1) is 0 Å². The average molecular weight is 238 g/mol. The van der Waals surface area contributed by atoms with Crippen molar-refractivity contribution in [2.24, 2.45) is 0 Å². The Morgan fingerprint density at radius 3 is 3.00 bits per heavy atom. The summed E-state index contributed by atoms with van der Waals surface area (Å²) >= 11 is 0. The van der Waals surface area contributed by atoms with Crippen LogP contribution in [0.3, 0.4) is 0 Å². The van der Waals surface area contributed by atoms with Gasteiger partial charge in [-0.1, -0.05) is 18.2 Å². The number of hydrogen-bond acceptors (Lipinski definition) is 3. The third-order valence-corrected chi connectivity index (χ3v) is 2.97. The van der Waals surface area contributed by atoms with E-state index in [-0.39, 0.29) is 5.82 Å². The van der Waals surface area contributed by atoms with Crippen LogP contribution in [0.5, 0.6) is 0 Å². The fraction of sp³-hybridized carbons (Fsp3) is 0.417. The molecule has 0 unspecified atom stereocenters. The van der Waals surface area contributed by atoms with Gasteiger partial charge >= 0.3 is 5.97 Å². The molecule has 1 aliphatic rings. The van der Waals surface area contributed by atoms with Crippen LogP contribution in [0.1, 0.15) is 5.56 Å². The molecule has 92 valence electrons. The number of rotatable bonds is 3. The first-order valence-corrected chi connectivity index (χ1v) is 5.59. The highest BCUT2D eigenvalue weighted by Gasteiger charge is 2.28. The number of benzene rings is 1. The Labute approximate surface area is 99.0 Å². The number of nitrogens with zero attached hydrogens (tertiary/aromatic N) is 1. The summed E-state index contributed by atoms with van der Waals surface area (Å²) in [5.74, 6) is -1.15. The molecule has 1 aromatic carbocycles. The van der Waals surface area contributed by atoms with Crippen LogP contribution in [0.2, 0.25) is 0 Å². The second-order valence-corrected chi connectivity index (χ2v) is 4.12. The predicted octanol–water partition coefficient (Wildman–Crippen LogP) is 0.684. The molecule has 0 amide bonds. The van der Waals surface area contributed by atoms with E-state index in [1.807, 2.05) is 0 Å². The van der Waals surface area contributed by atoms with Crippen molar-refractivity contribution < 1.29 is 14.3 Å². The molecule has 5 heteroatoms. The van der Waals surface area contributed by atoms with Crippen LogP contribution in [-0.2, 0) is 11.3 Å². The summed E-state index contributed by atoms with van der Waals surface area (Å²) < 4.78 is 13.5. The smallest absolute Gasteiger partial charge is 0.322 e. The van der Waals surface area contributed by atoms with E-state index in [1.165, 1.54) is 6.07 Å². The third kappa shape index (κ3) is 2.81. The van der Waals surface area contributed by atoms with Gasteiger partial charge in [-0.3, -0.25) is 9.69 Å². The molecular formula is C12H15FN2O2. The van der Waals surface area contributed by atoms with Gasteiger partial charge in [0.15, 0.2) is 0 Å². The number of nitrogens with one attached hydrogen (secondary N) is 1. The van der Waals surface area contributed by atoms with Gasteiger partial charge < -0.3 is 10.4 Å². The minimum Gasteiger partial charge on any atom is -0.480 e.